The Morgan fingerprint density at radius 3 is 2.86 bits per heavy atom. The largest absolute Gasteiger partial charge is 0.314 e. The third-order valence-electron chi connectivity index (χ3n) is 2.64. The highest BCUT2D eigenvalue weighted by molar-refractivity contribution is 5.99. The minimum atomic E-state index is 0.203. The number of rotatable bonds is 0. The van der Waals surface area contributed by atoms with E-state index in [1.165, 1.54) is 0 Å². The Hall–Kier alpha value is -1.83. The quantitative estimate of drug-likeness (QED) is 0.613. The van der Waals surface area contributed by atoms with Crippen LogP contribution >= 0.6 is 0 Å². The fourth-order valence-corrected chi connectivity index (χ4v) is 1.98. The predicted octanol–water partition coefficient (Wildman–Crippen LogP) is 2.22. The van der Waals surface area contributed by atoms with Crippen molar-refractivity contribution < 1.29 is 4.79 Å². The molecule has 68 valence electrons. The summed E-state index contributed by atoms with van der Waals surface area (Å²) in [5, 5.41) is 0. The van der Waals surface area contributed by atoms with Crippen molar-refractivity contribution in [1.82, 2.24) is 4.57 Å². The van der Waals surface area contributed by atoms with E-state index in [0.717, 1.165) is 16.9 Å². The number of Topliss-reactive ketones (excluding diaryl/α,β-unsaturated/α-hetero) is 1. The number of aromatic nitrogens is 1. The molecule has 1 aromatic carbocycles. The first-order valence-electron chi connectivity index (χ1n) is 4.65. The lowest BCUT2D eigenvalue weighted by atomic mass is 10.0. The van der Waals surface area contributed by atoms with Gasteiger partial charge in [-0.15, -0.1) is 0 Å². The molecule has 14 heavy (non-hydrogen) atoms. The fourth-order valence-electron chi connectivity index (χ4n) is 1.98. The SMILES string of the molecule is O=C1Cc2ccccc2-n2cccc21. The van der Waals surface area contributed by atoms with Crippen LogP contribution in [0.2, 0.25) is 0 Å². The highest BCUT2D eigenvalue weighted by atomic mass is 16.1. The normalized spacial score (nSPS) is 13.6. The molecule has 0 saturated carbocycles. The lowest BCUT2D eigenvalue weighted by Crippen LogP contribution is -2.17. The Balaban J connectivity index is 2.34. The van der Waals surface area contributed by atoms with Crippen molar-refractivity contribution in [1.29, 1.82) is 0 Å². The smallest absolute Gasteiger partial charge is 0.183 e. The molecular weight excluding hydrogens is 174 g/mol. The molecule has 1 aliphatic heterocycles. The van der Waals surface area contributed by atoms with E-state index in [-0.39, 0.29) is 5.78 Å². The van der Waals surface area contributed by atoms with Crippen molar-refractivity contribution in [3.63, 3.8) is 0 Å². The summed E-state index contributed by atoms with van der Waals surface area (Å²) in [4.78, 5) is 11.7. The van der Waals surface area contributed by atoms with Gasteiger partial charge in [0.15, 0.2) is 5.78 Å². The molecule has 3 rings (SSSR count). The Bertz CT molecular complexity index is 511. The van der Waals surface area contributed by atoms with Crippen LogP contribution in [0.4, 0.5) is 0 Å². The number of hydrogen-bond donors (Lipinski definition) is 0. The molecule has 1 aromatic heterocycles. The second kappa shape index (κ2) is 2.58. The van der Waals surface area contributed by atoms with Crippen LogP contribution in [0, 0.1) is 0 Å². The molecule has 0 N–H and O–H groups in total. The standard InChI is InChI=1S/C12H9NO/c14-12-8-9-4-1-2-5-10(9)13-7-3-6-11(12)13/h1-7H,8H2. The summed E-state index contributed by atoms with van der Waals surface area (Å²) in [5.74, 6) is 0.203. The van der Waals surface area contributed by atoms with Crippen LogP contribution in [0.15, 0.2) is 42.6 Å². The summed E-state index contributed by atoms with van der Waals surface area (Å²) < 4.78 is 1.96. The van der Waals surface area contributed by atoms with Gasteiger partial charge >= 0.3 is 0 Å². The number of fused-ring (bicyclic) bond motifs is 3. The first-order chi connectivity index (χ1) is 6.86. The summed E-state index contributed by atoms with van der Waals surface area (Å²) in [7, 11) is 0. The number of ketones is 1. The molecule has 0 unspecified atom stereocenters. The van der Waals surface area contributed by atoms with Gasteiger partial charge in [0.25, 0.3) is 0 Å². The van der Waals surface area contributed by atoms with Crippen molar-refractivity contribution in [2.24, 2.45) is 0 Å². The second-order valence-corrected chi connectivity index (χ2v) is 3.49. The summed E-state index contributed by atoms with van der Waals surface area (Å²) in [6.07, 6.45) is 2.46. The van der Waals surface area contributed by atoms with Crippen LogP contribution in [0.5, 0.6) is 0 Å². The molecular formula is C12H9NO. The maximum Gasteiger partial charge on any atom is 0.183 e. The number of carbonyl (C=O) groups is 1. The molecule has 0 saturated heterocycles. The van der Waals surface area contributed by atoms with Gasteiger partial charge < -0.3 is 4.57 Å². The van der Waals surface area contributed by atoms with Crippen LogP contribution in [0.1, 0.15) is 16.1 Å². The fraction of sp³-hybridized carbons (Fsp3) is 0.0833. The maximum absolute atomic E-state index is 11.7. The molecule has 0 spiro atoms. The summed E-state index contributed by atoms with van der Waals surface area (Å²) in [6, 6.07) is 11.8. The Morgan fingerprint density at radius 2 is 1.93 bits per heavy atom. The van der Waals surface area contributed by atoms with Crippen molar-refractivity contribution in [2.75, 3.05) is 0 Å². The monoisotopic (exact) mass is 183 g/mol. The van der Waals surface area contributed by atoms with Crippen LogP contribution in [0.25, 0.3) is 5.69 Å². The third-order valence-corrected chi connectivity index (χ3v) is 2.64. The van der Waals surface area contributed by atoms with Crippen molar-refractivity contribution in [3.05, 3.63) is 53.9 Å². The first kappa shape index (κ1) is 7.56. The lowest BCUT2D eigenvalue weighted by Gasteiger charge is -2.17. The average molecular weight is 183 g/mol. The van der Waals surface area contributed by atoms with Gasteiger partial charge in [-0.25, -0.2) is 0 Å². The van der Waals surface area contributed by atoms with E-state index in [0.29, 0.717) is 6.42 Å². The van der Waals surface area contributed by atoms with Gasteiger partial charge in [0.05, 0.1) is 5.69 Å². The summed E-state index contributed by atoms with van der Waals surface area (Å²) in [6.45, 7) is 0. The molecule has 2 nitrogen and oxygen atoms in total. The van der Waals surface area contributed by atoms with Crippen molar-refractivity contribution in [2.45, 2.75) is 6.42 Å². The zero-order chi connectivity index (χ0) is 9.54. The molecule has 1 aliphatic rings. The van der Waals surface area contributed by atoms with E-state index in [9.17, 15) is 4.79 Å². The molecule has 0 bridgehead atoms. The highest BCUT2D eigenvalue weighted by Gasteiger charge is 2.20. The minimum Gasteiger partial charge on any atom is -0.314 e. The molecule has 2 aromatic rings. The van der Waals surface area contributed by atoms with Gasteiger partial charge in [-0.3, -0.25) is 4.79 Å². The first-order valence-corrected chi connectivity index (χ1v) is 4.65. The zero-order valence-corrected chi connectivity index (χ0v) is 7.60. The Morgan fingerprint density at radius 1 is 1.07 bits per heavy atom. The van der Waals surface area contributed by atoms with E-state index in [1.807, 2.05) is 47.2 Å². The number of benzene rings is 1. The van der Waals surface area contributed by atoms with E-state index in [2.05, 4.69) is 0 Å². The van der Waals surface area contributed by atoms with Crippen LogP contribution in [0.3, 0.4) is 0 Å². The molecule has 2 heterocycles. The second-order valence-electron chi connectivity index (χ2n) is 3.49. The topological polar surface area (TPSA) is 22.0 Å². The van der Waals surface area contributed by atoms with E-state index < -0.39 is 0 Å². The predicted molar refractivity (Wildman–Crippen MR) is 53.8 cm³/mol. The van der Waals surface area contributed by atoms with Crippen LogP contribution in [-0.2, 0) is 6.42 Å². The maximum atomic E-state index is 11.7. The van der Waals surface area contributed by atoms with E-state index in [4.69, 9.17) is 0 Å². The Labute approximate surface area is 81.8 Å². The van der Waals surface area contributed by atoms with Gasteiger partial charge in [0.2, 0.25) is 0 Å². The molecule has 2 heteroatoms. The zero-order valence-electron chi connectivity index (χ0n) is 7.60. The van der Waals surface area contributed by atoms with Crippen LogP contribution < -0.4 is 0 Å². The molecule has 0 radical (unpaired) electrons. The number of hydrogen-bond acceptors (Lipinski definition) is 1. The van der Waals surface area contributed by atoms with E-state index >= 15 is 0 Å². The molecule has 0 atom stereocenters. The van der Waals surface area contributed by atoms with Crippen molar-refractivity contribution in [3.8, 4) is 5.69 Å². The van der Waals surface area contributed by atoms with Gasteiger partial charge in [-0.2, -0.15) is 0 Å². The minimum absolute atomic E-state index is 0.203. The van der Waals surface area contributed by atoms with Gasteiger partial charge in [-0.05, 0) is 23.8 Å². The lowest BCUT2D eigenvalue weighted by molar-refractivity contribution is 0.0982. The van der Waals surface area contributed by atoms with Gasteiger partial charge in [0.1, 0.15) is 0 Å². The molecule has 0 aliphatic carbocycles. The summed E-state index contributed by atoms with van der Waals surface area (Å²) >= 11 is 0. The molecule has 0 fully saturated rings. The van der Waals surface area contributed by atoms with Gasteiger partial charge in [0, 0.05) is 18.3 Å². The average Bonchev–Trinajstić information content (AvgIpc) is 2.67. The third kappa shape index (κ3) is 0.880. The van der Waals surface area contributed by atoms with Crippen LogP contribution in [-0.4, -0.2) is 10.4 Å². The highest BCUT2D eigenvalue weighted by Crippen LogP contribution is 2.24. The van der Waals surface area contributed by atoms with Crippen molar-refractivity contribution >= 4 is 5.78 Å². The van der Waals surface area contributed by atoms with E-state index in [1.54, 1.807) is 0 Å². The van der Waals surface area contributed by atoms with Gasteiger partial charge in [-0.1, -0.05) is 18.2 Å². The number of para-hydroxylation sites is 1. The molecule has 0 amide bonds. The number of nitrogens with zero attached hydrogens (tertiary/aromatic N) is 1. The number of carbonyl (C=O) groups excluding carboxylic acids is 1. The summed E-state index contributed by atoms with van der Waals surface area (Å²) in [5.41, 5.74) is 3.04. The Kier molecular flexibility index (Phi) is 1.39.